The van der Waals surface area contributed by atoms with Crippen molar-refractivity contribution in [2.75, 3.05) is 6.54 Å². The number of thiazole rings is 1. The Bertz CT molecular complexity index is 643. The summed E-state index contributed by atoms with van der Waals surface area (Å²) in [6.45, 7) is 0.625. The Morgan fingerprint density at radius 2 is 2.26 bits per heavy atom. The van der Waals surface area contributed by atoms with Crippen LogP contribution < -0.4 is 11.1 Å². The van der Waals surface area contributed by atoms with Crippen LogP contribution >= 0.6 is 11.3 Å². The van der Waals surface area contributed by atoms with Gasteiger partial charge >= 0.3 is 0 Å². The summed E-state index contributed by atoms with van der Waals surface area (Å²) >= 11 is 1.61. The van der Waals surface area contributed by atoms with Gasteiger partial charge in [-0.3, -0.25) is 9.78 Å². The molecule has 1 aliphatic carbocycles. The fourth-order valence-electron chi connectivity index (χ4n) is 2.96. The molecule has 0 aliphatic heterocycles. The van der Waals surface area contributed by atoms with Crippen molar-refractivity contribution < 1.29 is 4.79 Å². The predicted molar refractivity (Wildman–Crippen MR) is 92.0 cm³/mol. The maximum atomic E-state index is 12.2. The van der Waals surface area contributed by atoms with Gasteiger partial charge in [-0.15, -0.1) is 11.3 Å². The summed E-state index contributed by atoms with van der Waals surface area (Å²) in [4.78, 5) is 21.1. The van der Waals surface area contributed by atoms with Crippen LogP contribution in [0.2, 0.25) is 0 Å². The maximum absolute atomic E-state index is 12.2. The molecule has 0 aromatic carbocycles. The number of hydrogen-bond donors (Lipinski definition) is 2. The van der Waals surface area contributed by atoms with Gasteiger partial charge in [-0.2, -0.15) is 0 Å². The van der Waals surface area contributed by atoms with Gasteiger partial charge in [0.25, 0.3) is 0 Å². The quantitative estimate of drug-likeness (QED) is 0.882. The van der Waals surface area contributed by atoms with Crippen molar-refractivity contribution in [2.24, 2.45) is 11.7 Å². The summed E-state index contributed by atoms with van der Waals surface area (Å²) in [5.74, 6) is 0.223. The molecule has 2 aromatic rings. The van der Waals surface area contributed by atoms with Crippen LogP contribution in [0.15, 0.2) is 29.8 Å². The highest BCUT2D eigenvalue weighted by Gasteiger charge is 2.24. The normalized spacial score (nSPS) is 21.1. The highest BCUT2D eigenvalue weighted by molar-refractivity contribution is 7.09. The molecular formula is C17H22N4OS. The molecule has 122 valence electrons. The van der Waals surface area contributed by atoms with Crippen molar-refractivity contribution in [2.45, 2.75) is 38.1 Å². The Labute approximate surface area is 140 Å². The van der Waals surface area contributed by atoms with Gasteiger partial charge in [-0.25, -0.2) is 4.98 Å². The molecule has 2 atom stereocenters. The summed E-state index contributed by atoms with van der Waals surface area (Å²) in [7, 11) is 0. The Balaban J connectivity index is 1.47. The van der Waals surface area contributed by atoms with Gasteiger partial charge in [0.1, 0.15) is 0 Å². The van der Waals surface area contributed by atoms with Crippen LogP contribution in [0.25, 0.3) is 11.4 Å². The first-order chi connectivity index (χ1) is 11.2. The van der Waals surface area contributed by atoms with Crippen molar-refractivity contribution in [3.05, 3.63) is 34.8 Å². The number of carbonyl (C=O) groups excluding carboxylic acids is 1. The standard InChI is InChI=1S/C17H22N4OS/c18-13-5-3-4-12(10-13)17(22)20-9-7-16-21-15(11-23-16)14-6-1-2-8-19-14/h1-2,6,8,11-13H,3-5,7,9-10,18H2,(H,20,22). The van der Waals surface area contributed by atoms with Crippen LogP contribution in [0.5, 0.6) is 0 Å². The molecule has 3 rings (SSSR count). The van der Waals surface area contributed by atoms with Crippen molar-refractivity contribution >= 4 is 17.2 Å². The van der Waals surface area contributed by atoms with E-state index in [1.54, 1.807) is 17.5 Å². The summed E-state index contributed by atoms with van der Waals surface area (Å²) in [5, 5.41) is 6.06. The average Bonchev–Trinajstić information content (AvgIpc) is 3.04. The highest BCUT2D eigenvalue weighted by atomic mass is 32.1. The second kappa shape index (κ2) is 7.66. The van der Waals surface area contributed by atoms with E-state index in [9.17, 15) is 4.79 Å². The molecule has 2 aromatic heterocycles. The molecule has 5 nitrogen and oxygen atoms in total. The van der Waals surface area contributed by atoms with Crippen LogP contribution in [0.3, 0.4) is 0 Å². The predicted octanol–water partition coefficient (Wildman–Crippen LogP) is 2.38. The molecule has 1 fully saturated rings. The molecule has 23 heavy (non-hydrogen) atoms. The van der Waals surface area contributed by atoms with Crippen molar-refractivity contribution in [3.8, 4) is 11.4 Å². The molecule has 3 N–H and O–H groups in total. The minimum absolute atomic E-state index is 0.0825. The summed E-state index contributed by atoms with van der Waals surface area (Å²) in [5.41, 5.74) is 7.73. The zero-order valence-electron chi connectivity index (χ0n) is 13.1. The molecule has 1 aliphatic rings. The third-order valence-corrected chi connectivity index (χ3v) is 5.11. The number of nitrogens with one attached hydrogen (secondary N) is 1. The number of rotatable bonds is 5. The second-order valence-corrected chi connectivity index (χ2v) is 6.95. The van der Waals surface area contributed by atoms with Crippen LogP contribution in [-0.2, 0) is 11.2 Å². The highest BCUT2D eigenvalue weighted by Crippen LogP contribution is 2.23. The third kappa shape index (κ3) is 4.36. The largest absolute Gasteiger partial charge is 0.355 e. The van der Waals surface area contributed by atoms with E-state index >= 15 is 0 Å². The van der Waals surface area contributed by atoms with Crippen LogP contribution in [0.1, 0.15) is 30.7 Å². The fourth-order valence-corrected chi connectivity index (χ4v) is 3.75. The number of nitrogens with two attached hydrogens (primary N) is 1. The number of carbonyl (C=O) groups is 1. The first-order valence-corrected chi connectivity index (χ1v) is 8.99. The van der Waals surface area contributed by atoms with Gasteiger partial charge in [-0.05, 0) is 31.4 Å². The van der Waals surface area contributed by atoms with E-state index in [1.165, 1.54) is 0 Å². The Morgan fingerprint density at radius 1 is 1.35 bits per heavy atom. The lowest BCUT2D eigenvalue weighted by Gasteiger charge is -2.25. The molecule has 6 heteroatoms. The molecule has 0 saturated heterocycles. The summed E-state index contributed by atoms with van der Waals surface area (Å²) in [6, 6.07) is 5.98. The minimum atomic E-state index is 0.0825. The number of nitrogens with zero attached hydrogens (tertiary/aromatic N) is 2. The molecule has 0 spiro atoms. The van der Waals surface area contributed by atoms with Gasteiger partial charge in [-0.1, -0.05) is 12.5 Å². The second-order valence-electron chi connectivity index (χ2n) is 6.01. The molecule has 0 bridgehead atoms. The van der Waals surface area contributed by atoms with Gasteiger partial charge in [0.05, 0.1) is 16.4 Å². The first kappa shape index (κ1) is 16.1. The van der Waals surface area contributed by atoms with Gasteiger partial charge in [0.15, 0.2) is 0 Å². The molecule has 2 unspecified atom stereocenters. The Morgan fingerprint density at radius 3 is 3.04 bits per heavy atom. The molecular weight excluding hydrogens is 308 g/mol. The first-order valence-electron chi connectivity index (χ1n) is 8.11. The maximum Gasteiger partial charge on any atom is 0.223 e. The van der Waals surface area contributed by atoms with E-state index in [2.05, 4.69) is 15.3 Å². The van der Waals surface area contributed by atoms with E-state index in [0.29, 0.717) is 6.54 Å². The van der Waals surface area contributed by atoms with Crippen LogP contribution in [-0.4, -0.2) is 28.5 Å². The van der Waals surface area contributed by atoms with Crippen LogP contribution in [0.4, 0.5) is 0 Å². The minimum Gasteiger partial charge on any atom is -0.355 e. The van der Waals surface area contributed by atoms with E-state index in [4.69, 9.17) is 5.73 Å². The van der Waals surface area contributed by atoms with Crippen molar-refractivity contribution in [1.29, 1.82) is 0 Å². The third-order valence-electron chi connectivity index (χ3n) is 4.20. The topological polar surface area (TPSA) is 80.9 Å². The van der Waals surface area contributed by atoms with E-state index in [1.807, 2.05) is 23.6 Å². The molecule has 0 radical (unpaired) electrons. The van der Waals surface area contributed by atoms with E-state index in [0.717, 1.165) is 48.5 Å². The number of aromatic nitrogens is 2. The van der Waals surface area contributed by atoms with Gasteiger partial charge < -0.3 is 11.1 Å². The molecule has 1 amide bonds. The lowest BCUT2D eigenvalue weighted by atomic mass is 9.85. The average molecular weight is 330 g/mol. The van der Waals surface area contributed by atoms with Crippen LogP contribution in [0, 0.1) is 5.92 Å². The SMILES string of the molecule is NC1CCCC(C(=O)NCCc2nc(-c3ccccn3)cs2)C1. The lowest BCUT2D eigenvalue weighted by molar-refractivity contribution is -0.126. The Kier molecular flexibility index (Phi) is 5.35. The fraction of sp³-hybridized carbons (Fsp3) is 0.471. The monoisotopic (exact) mass is 330 g/mol. The summed E-state index contributed by atoms with van der Waals surface area (Å²) in [6.07, 6.45) is 6.39. The smallest absolute Gasteiger partial charge is 0.223 e. The lowest BCUT2D eigenvalue weighted by Crippen LogP contribution is -2.38. The molecule has 1 saturated carbocycles. The van der Waals surface area contributed by atoms with Crippen molar-refractivity contribution in [1.82, 2.24) is 15.3 Å². The Hall–Kier alpha value is -1.79. The number of pyridine rings is 1. The van der Waals surface area contributed by atoms with E-state index in [-0.39, 0.29) is 17.9 Å². The number of hydrogen-bond acceptors (Lipinski definition) is 5. The molecule has 2 heterocycles. The zero-order chi connectivity index (χ0) is 16.1. The van der Waals surface area contributed by atoms with Gasteiger partial charge in [0, 0.05) is 36.5 Å². The van der Waals surface area contributed by atoms with Gasteiger partial charge in [0.2, 0.25) is 5.91 Å². The van der Waals surface area contributed by atoms with E-state index < -0.39 is 0 Å². The van der Waals surface area contributed by atoms with Crippen molar-refractivity contribution in [3.63, 3.8) is 0 Å². The number of amides is 1. The summed E-state index contributed by atoms with van der Waals surface area (Å²) < 4.78 is 0. The zero-order valence-corrected chi connectivity index (χ0v) is 13.9.